The molecule has 2 aromatic rings. The summed E-state index contributed by atoms with van der Waals surface area (Å²) in [6, 6.07) is 7.55. The molecule has 5 nitrogen and oxygen atoms in total. The number of benzene rings is 1. The molecule has 0 aliphatic carbocycles. The number of urea groups is 1. The van der Waals surface area contributed by atoms with Gasteiger partial charge in [-0.2, -0.15) is 0 Å². The van der Waals surface area contributed by atoms with Gasteiger partial charge in [-0.25, -0.2) is 4.79 Å². The molecule has 3 N–H and O–H groups in total. The molecule has 5 heteroatoms. The standard InChI is InChI=1S/C13H17N3O2/c1-9(8-18-2)15-13(17)16-12-7-14-11-6-4-3-5-10(11)12/h3-7,9,14H,8H2,1-2H3,(H2,15,16,17). The van der Waals surface area contributed by atoms with Crippen LogP contribution in [-0.4, -0.2) is 30.8 Å². The van der Waals surface area contributed by atoms with Gasteiger partial charge in [0.1, 0.15) is 0 Å². The molecule has 0 radical (unpaired) electrons. The van der Waals surface area contributed by atoms with Gasteiger partial charge in [-0.3, -0.25) is 0 Å². The molecule has 96 valence electrons. The fourth-order valence-electron chi connectivity index (χ4n) is 1.85. The summed E-state index contributed by atoms with van der Waals surface area (Å²) in [5.41, 5.74) is 1.77. The molecule has 0 saturated carbocycles. The maximum absolute atomic E-state index is 11.7. The van der Waals surface area contributed by atoms with E-state index in [1.165, 1.54) is 0 Å². The average molecular weight is 247 g/mol. The first-order valence-electron chi connectivity index (χ1n) is 5.83. The smallest absolute Gasteiger partial charge is 0.319 e. The zero-order chi connectivity index (χ0) is 13.0. The normalized spacial score (nSPS) is 12.3. The quantitative estimate of drug-likeness (QED) is 0.776. The zero-order valence-corrected chi connectivity index (χ0v) is 10.5. The minimum atomic E-state index is -0.232. The fourth-order valence-corrected chi connectivity index (χ4v) is 1.85. The van der Waals surface area contributed by atoms with Crippen LogP contribution >= 0.6 is 0 Å². The van der Waals surface area contributed by atoms with E-state index in [4.69, 9.17) is 4.74 Å². The third-order valence-electron chi connectivity index (χ3n) is 2.63. The van der Waals surface area contributed by atoms with Gasteiger partial charge in [0.15, 0.2) is 0 Å². The number of fused-ring (bicyclic) bond motifs is 1. The van der Waals surface area contributed by atoms with Crippen LogP contribution in [0.4, 0.5) is 10.5 Å². The van der Waals surface area contributed by atoms with Gasteiger partial charge >= 0.3 is 6.03 Å². The van der Waals surface area contributed by atoms with Crippen molar-refractivity contribution < 1.29 is 9.53 Å². The van der Waals surface area contributed by atoms with Crippen LogP contribution in [0.15, 0.2) is 30.5 Å². The number of carbonyl (C=O) groups is 1. The van der Waals surface area contributed by atoms with Gasteiger partial charge in [0, 0.05) is 24.2 Å². The SMILES string of the molecule is COCC(C)NC(=O)Nc1c[nH]c2ccccc12. The first-order chi connectivity index (χ1) is 8.70. The van der Waals surface area contributed by atoms with E-state index in [2.05, 4.69) is 15.6 Å². The molecule has 0 spiro atoms. The zero-order valence-electron chi connectivity index (χ0n) is 10.5. The first kappa shape index (κ1) is 12.4. The lowest BCUT2D eigenvalue weighted by Gasteiger charge is -2.13. The monoisotopic (exact) mass is 247 g/mol. The number of amides is 2. The maximum atomic E-state index is 11.7. The van der Waals surface area contributed by atoms with Crippen molar-refractivity contribution >= 4 is 22.6 Å². The molecule has 2 amide bonds. The number of H-pyrrole nitrogens is 1. The Labute approximate surface area is 106 Å². The van der Waals surface area contributed by atoms with Crippen LogP contribution in [0.5, 0.6) is 0 Å². The van der Waals surface area contributed by atoms with E-state index in [-0.39, 0.29) is 12.1 Å². The molecule has 0 aliphatic rings. The molecule has 0 fully saturated rings. The molecule has 1 aromatic heterocycles. The maximum Gasteiger partial charge on any atom is 0.319 e. The lowest BCUT2D eigenvalue weighted by molar-refractivity contribution is 0.173. The number of carbonyl (C=O) groups excluding carboxylic acids is 1. The molecule has 0 aliphatic heterocycles. The molecule has 1 atom stereocenters. The molecular formula is C13H17N3O2. The van der Waals surface area contributed by atoms with Gasteiger partial charge in [-0.05, 0) is 13.0 Å². The third-order valence-corrected chi connectivity index (χ3v) is 2.63. The van der Waals surface area contributed by atoms with Crippen LogP contribution in [0.3, 0.4) is 0 Å². The number of hydrogen-bond donors (Lipinski definition) is 3. The van der Waals surface area contributed by atoms with Crippen LogP contribution in [0, 0.1) is 0 Å². The van der Waals surface area contributed by atoms with Crippen LogP contribution in [0.1, 0.15) is 6.92 Å². The second-order valence-corrected chi connectivity index (χ2v) is 4.20. The minimum Gasteiger partial charge on any atom is -0.383 e. The highest BCUT2D eigenvalue weighted by atomic mass is 16.5. The number of para-hydroxylation sites is 1. The summed E-state index contributed by atoms with van der Waals surface area (Å²) in [6.45, 7) is 2.37. The number of rotatable bonds is 4. The van der Waals surface area contributed by atoms with Crippen LogP contribution in [-0.2, 0) is 4.74 Å². The Morgan fingerprint density at radius 3 is 3.00 bits per heavy atom. The molecular weight excluding hydrogens is 230 g/mol. The van der Waals surface area contributed by atoms with E-state index < -0.39 is 0 Å². The van der Waals surface area contributed by atoms with Crippen LogP contribution in [0.2, 0.25) is 0 Å². The Morgan fingerprint density at radius 1 is 1.44 bits per heavy atom. The highest BCUT2D eigenvalue weighted by Gasteiger charge is 2.09. The summed E-state index contributed by atoms with van der Waals surface area (Å²) in [6.07, 6.45) is 1.78. The van der Waals surface area contributed by atoms with E-state index >= 15 is 0 Å². The average Bonchev–Trinajstić information content (AvgIpc) is 2.73. The van der Waals surface area contributed by atoms with Gasteiger partial charge in [0.05, 0.1) is 18.3 Å². The van der Waals surface area contributed by atoms with Gasteiger partial charge in [-0.15, -0.1) is 0 Å². The predicted octanol–water partition coefficient (Wildman–Crippen LogP) is 2.32. The molecule has 0 saturated heterocycles. The lowest BCUT2D eigenvalue weighted by Crippen LogP contribution is -2.38. The van der Waals surface area contributed by atoms with Crippen molar-refractivity contribution in [3.63, 3.8) is 0 Å². The third kappa shape index (κ3) is 2.81. The molecule has 18 heavy (non-hydrogen) atoms. The Bertz CT molecular complexity index is 536. The second-order valence-electron chi connectivity index (χ2n) is 4.20. The number of hydrogen-bond acceptors (Lipinski definition) is 2. The Kier molecular flexibility index (Phi) is 3.84. The Morgan fingerprint density at radius 2 is 2.22 bits per heavy atom. The number of nitrogens with one attached hydrogen (secondary N) is 3. The molecule has 2 rings (SSSR count). The minimum absolute atomic E-state index is 0.0276. The van der Waals surface area contributed by atoms with E-state index in [0.717, 1.165) is 16.6 Å². The van der Waals surface area contributed by atoms with E-state index in [9.17, 15) is 4.79 Å². The van der Waals surface area contributed by atoms with Crippen molar-refractivity contribution in [1.29, 1.82) is 0 Å². The molecule has 1 unspecified atom stereocenters. The lowest BCUT2D eigenvalue weighted by atomic mass is 10.2. The summed E-state index contributed by atoms with van der Waals surface area (Å²) in [5, 5.41) is 6.60. The summed E-state index contributed by atoms with van der Waals surface area (Å²) in [4.78, 5) is 14.9. The van der Waals surface area contributed by atoms with Crippen molar-refractivity contribution in [3.8, 4) is 0 Å². The van der Waals surface area contributed by atoms with Crippen LogP contribution in [0.25, 0.3) is 10.9 Å². The summed E-state index contributed by atoms with van der Waals surface area (Å²) in [7, 11) is 1.61. The second kappa shape index (κ2) is 5.55. The predicted molar refractivity (Wildman–Crippen MR) is 71.8 cm³/mol. The van der Waals surface area contributed by atoms with Crippen molar-refractivity contribution in [3.05, 3.63) is 30.5 Å². The van der Waals surface area contributed by atoms with E-state index in [1.54, 1.807) is 13.3 Å². The van der Waals surface area contributed by atoms with Crippen molar-refractivity contribution in [2.24, 2.45) is 0 Å². The molecule has 0 bridgehead atoms. The van der Waals surface area contributed by atoms with Crippen LogP contribution < -0.4 is 10.6 Å². The molecule has 1 heterocycles. The topological polar surface area (TPSA) is 66.2 Å². The highest BCUT2D eigenvalue weighted by Crippen LogP contribution is 2.22. The van der Waals surface area contributed by atoms with Crippen molar-refractivity contribution in [2.75, 3.05) is 19.0 Å². The summed E-state index contributed by atoms with van der Waals surface area (Å²) in [5.74, 6) is 0. The summed E-state index contributed by atoms with van der Waals surface area (Å²) < 4.78 is 4.96. The first-order valence-corrected chi connectivity index (χ1v) is 5.83. The number of anilines is 1. The number of aromatic nitrogens is 1. The van der Waals surface area contributed by atoms with Gasteiger partial charge in [0.2, 0.25) is 0 Å². The van der Waals surface area contributed by atoms with Gasteiger partial charge in [-0.1, -0.05) is 18.2 Å². The van der Waals surface area contributed by atoms with E-state index in [0.29, 0.717) is 6.61 Å². The Balaban J connectivity index is 2.03. The number of ether oxygens (including phenoxy) is 1. The highest BCUT2D eigenvalue weighted by molar-refractivity contribution is 6.00. The van der Waals surface area contributed by atoms with Gasteiger partial charge < -0.3 is 20.4 Å². The van der Waals surface area contributed by atoms with Gasteiger partial charge in [0.25, 0.3) is 0 Å². The molecule has 1 aromatic carbocycles. The van der Waals surface area contributed by atoms with Crippen molar-refractivity contribution in [1.82, 2.24) is 10.3 Å². The van der Waals surface area contributed by atoms with E-state index in [1.807, 2.05) is 31.2 Å². The summed E-state index contributed by atoms with van der Waals surface area (Å²) >= 11 is 0. The number of methoxy groups -OCH3 is 1. The largest absolute Gasteiger partial charge is 0.383 e. The number of aromatic amines is 1. The Hall–Kier alpha value is -2.01. The fraction of sp³-hybridized carbons (Fsp3) is 0.308. The van der Waals surface area contributed by atoms with Crippen molar-refractivity contribution in [2.45, 2.75) is 13.0 Å².